The van der Waals surface area contributed by atoms with Crippen LogP contribution in [0.4, 0.5) is 0 Å². The van der Waals surface area contributed by atoms with E-state index in [2.05, 4.69) is 12.5 Å². The smallest absolute Gasteiger partial charge is 0.111 e. The van der Waals surface area contributed by atoms with Crippen molar-refractivity contribution >= 4 is 0 Å². The summed E-state index contributed by atoms with van der Waals surface area (Å²) < 4.78 is 64.1. The SMILES string of the molecule is C#CCOCCOCCOCCOCCOCCOCCOCCOCCOCCOCCOCCOC=C. The summed E-state index contributed by atoms with van der Waals surface area (Å²) in [5, 5.41) is 0. The van der Waals surface area contributed by atoms with Crippen LogP contribution in [0.5, 0.6) is 0 Å². The molecule has 12 nitrogen and oxygen atoms in total. The highest BCUT2D eigenvalue weighted by molar-refractivity contribution is 4.82. The van der Waals surface area contributed by atoms with Crippen molar-refractivity contribution < 1.29 is 56.8 Å². The molecule has 0 amide bonds. The Morgan fingerprint density at radius 2 is 0.564 bits per heavy atom. The number of rotatable bonds is 35. The van der Waals surface area contributed by atoms with E-state index in [-0.39, 0.29) is 0 Å². The van der Waals surface area contributed by atoms with Crippen LogP contribution in [0.15, 0.2) is 12.8 Å². The third-order valence-electron chi connectivity index (χ3n) is 4.37. The van der Waals surface area contributed by atoms with E-state index in [0.717, 1.165) is 0 Å². The molecule has 0 atom stereocenters. The van der Waals surface area contributed by atoms with Crippen molar-refractivity contribution in [1.82, 2.24) is 0 Å². The Morgan fingerprint density at radius 3 is 0.769 bits per heavy atom. The Kier molecular flexibility index (Phi) is 35.4. The van der Waals surface area contributed by atoms with E-state index in [4.69, 9.17) is 63.3 Å². The van der Waals surface area contributed by atoms with Crippen molar-refractivity contribution in [2.45, 2.75) is 0 Å². The van der Waals surface area contributed by atoms with Crippen LogP contribution in [0.25, 0.3) is 0 Å². The van der Waals surface area contributed by atoms with Crippen LogP contribution in [0.2, 0.25) is 0 Å². The Hall–Kier alpha value is -1.34. The summed E-state index contributed by atoms with van der Waals surface area (Å²) in [6.45, 7) is 15.0. The van der Waals surface area contributed by atoms with E-state index >= 15 is 0 Å². The molecule has 0 fully saturated rings. The molecular weight excluding hydrogens is 516 g/mol. The van der Waals surface area contributed by atoms with Gasteiger partial charge < -0.3 is 56.8 Å². The molecule has 0 spiro atoms. The fraction of sp³-hybridized carbons (Fsp3) is 0.852. The minimum absolute atomic E-state index is 0.308. The summed E-state index contributed by atoms with van der Waals surface area (Å²) >= 11 is 0. The summed E-state index contributed by atoms with van der Waals surface area (Å²) in [4.78, 5) is 0. The fourth-order valence-electron chi connectivity index (χ4n) is 2.52. The van der Waals surface area contributed by atoms with Crippen LogP contribution in [0.1, 0.15) is 0 Å². The molecule has 230 valence electrons. The van der Waals surface area contributed by atoms with Gasteiger partial charge in [-0.25, -0.2) is 0 Å². The van der Waals surface area contributed by atoms with Gasteiger partial charge in [0.25, 0.3) is 0 Å². The predicted octanol–water partition coefficient (Wildman–Crippen LogP) is 0.962. The lowest BCUT2D eigenvalue weighted by atomic mass is 10.6. The topological polar surface area (TPSA) is 111 Å². The van der Waals surface area contributed by atoms with Crippen molar-refractivity contribution in [3.8, 4) is 12.3 Å². The van der Waals surface area contributed by atoms with Gasteiger partial charge >= 0.3 is 0 Å². The first-order valence-electron chi connectivity index (χ1n) is 13.4. The molecule has 0 aromatic carbocycles. The molecule has 0 radical (unpaired) electrons. The number of hydrogen-bond donors (Lipinski definition) is 0. The molecule has 0 bridgehead atoms. The Morgan fingerprint density at radius 1 is 0.359 bits per heavy atom. The lowest BCUT2D eigenvalue weighted by Gasteiger charge is -2.09. The van der Waals surface area contributed by atoms with Gasteiger partial charge in [0.15, 0.2) is 0 Å². The molecule has 0 aliphatic carbocycles. The average molecular weight is 567 g/mol. The van der Waals surface area contributed by atoms with Crippen LogP contribution in [0, 0.1) is 12.3 Å². The van der Waals surface area contributed by atoms with Gasteiger partial charge in [-0.1, -0.05) is 12.5 Å². The average Bonchev–Trinajstić information content (AvgIpc) is 2.95. The molecule has 12 heteroatoms. The van der Waals surface area contributed by atoms with E-state index in [1.165, 1.54) is 6.26 Å². The number of terminal acetylenes is 1. The summed E-state index contributed by atoms with van der Waals surface area (Å²) in [7, 11) is 0. The van der Waals surface area contributed by atoms with Gasteiger partial charge in [0.2, 0.25) is 0 Å². The first kappa shape index (κ1) is 37.7. The standard InChI is InChI=1S/C27H50O12/c1-3-5-29-8-9-31-12-13-33-16-17-35-20-21-37-24-25-39-27-26-38-23-22-36-19-18-34-15-14-32-11-10-30-7-6-28-4-2/h1,4H,2,5-27H2. The van der Waals surface area contributed by atoms with Crippen LogP contribution in [0.3, 0.4) is 0 Å². The lowest BCUT2D eigenvalue weighted by Crippen LogP contribution is -2.15. The zero-order chi connectivity index (χ0) is 28.2. The van der Waals surface area contributed by atoms with E-state index < -0.39 is 0 Å². The molecule has 39 heavy (non-hydrogen) atoms. The van der Waals surface area contributed by atoms with Crippen LogP contribution in [-0.2, 0) is 56.8 Å². The highest BCUT2D eigenvalue weighted by Crippen LogP contribution is 1.87. The summed E-state index contributed by atoms with van der Waals surface area (Å²) in [5.74, 6) is 2.39. The first-order chi connectivity index (χ1) is 19.4. The quantitative estimate of drug-likeness (QED) is 0.0619. The molecule has 0 aliphatic rings. The van der Waals surface area contributed by atoms with Gasteiger partial charge in [-0.2, -0.15) is 0 Å². The highest BCUT2D eigenvalue weighted by Gasteiger charge is 1.96. The molecule has 0 N–H and O–H groups in total. The molecule has 0 aromatic rings. The molecule has 0 heterocycles. The Balaban J connectivity index is 3.02. The van der Waals surface area contributed by atoms with Crippen molar-refractivity contribution in [3.63, 3.8) is 0 Å². The minimum Gasteiger partial charge on any atom is -0.499 e. The van der Waals surface area contributed by atoms with E-state index in [1.807, 2.05) is 0 Å². The second-order valence-electron chi connectivity index (χ2n) is 7.42. The monoisotopic (exact) mass is 566 g/mol. The minimum atomic E-state index is 0.308. The van der Waals surface area contributed by atoms with Gasteiger partial charge in [0.1, 0.15) is 13.2 Å². The molecule has 0 saturated carbocycles. The number of ether oxygens (including phenoxy) is 12. The third-order valence-corrected chi connectivity index (χ3v) is 4.37. The van der Waals surface area contributed by atoms with E-state index in [1.54, 1.807) is 0 Å². The zero-order valence-electron chi connectivity index (χ0n) is 23.5. The van der Waals surface area contributed by atoms with Gasteiger partial charge in [-0.3, -0.25) is 0 Å². The zero-order valence-corrected chi connectivity index (χ0v) is 23.5. The van der Waals surface area contributed by atoms with Gasteiger partial charge in [0, 0.05) is 0 Å². The van der Waals surface area contributed by atoms with Crippen LogP contribution < -0.4 is 0 Å². The molecule has 0 rings (SSSR count). The highest BCUT2D eigenvalue weighted by atomic mass is 16.6. The molecule has 0 unspecified atom stereocenters. The fourth-order valence-corrected chi connectivity index (χ4v) is 2.52. The van der Waals surface area contributed by atoms with E-state index in [0.29, 0.717) is 152 Å². The molecule has 0 aromatic heterocycles. The Labute approximate surface area is 234 Å². The van der Waals surface area contributed by atoms with Gasteiger partial charge in [-0.15, -0.1) is 6.42 Å². The Bertz CT molecular complexity index is 504. The van der Waals surface area contributed by atoms with Gasteiger partial charge in [0.05, 0.1) is 145 Å². The maximum atomic E-state index is 5.45. The second kappa shape index (κ2) is 36.7. The first-order valence-corrected chi connectivity index (χ1v) is 13.4. The van der Waals surface area contributed by atoms with Crippen molar-refractivity contribution in [2.75, 3.05) is 152 Å². The maximum absolute atomic E-state index is 5.45. The molecule has 0 saturated heterocycles. The number of hydrogen-bond acceptors (Lipinski definition) is 12. The predicted molar refractivity (Wildman–Crippen MR) is 144 cm³/mol. The largest absolute Gasteiger partial charge is 0.499 e. The molecular formula is C27H50O12. The van der Waals surface area contributed by atoms with E-state index in [9.17, 15) is 0 Å². The van der Waals surface area contributed by atoms with Crippen molar-refractivity contribution in [1.29, 1.82) is 0 Å². The van der Waals surface area contributed by atoms with Crippen LogP contribution >= 0.6 is 0 Å². The lowest BCUT2D eigenvalue weighted by molar-refractivity contribution is -0.0276. The third kappa shape index (κ3) is 36.7. The summed E-state index contributed by atoms with van der Waals surface area (Å²) in [6, 6.07) is 0. The van der Waals surface area contributed by atoms with Crippen LogP contribution in [-0.4, -0.2) is 152 Å². The summed E-state index contributed by atoms with van der Waals surface area (Å²) in [6.07, 6.45) is 6.47. The van der Waals surface area contributed by atoms with Gasteiger partial charge in [-0.05, 0) is 0 Å². The van der Waals surface area contributed by atoms with Crippen molar-refractivity contribution in [3.05, 3.63) is 12.8 Å². The summed E-state index contributed by atoms with van der Waals surface area (Å²) in [5.41, 5.74) is 0. The van der Waals surface area contributed by atoms with Crippen molar-refractivity contribution in [2.24, 2.45) is 0 Å². The maximum Gasteiger partial charge on any atom is 0.111 e. The molecule has 0 aliphatic heterocycles. The second-order valence-corrected chi connectivity index (χ2v) is 7.42. The normalized spacial score (nSPS) is 11.1.